The molecule has 20 heavy (non-hydrogen) atoms. The molecule has 0 spiro atoms. The van der Waals surface area contributed by atoms with Crippen LogP contribution in [0, 0.1) is 0 Å². The fraction of sp³-hybridized carbons (Fsp3) is 0.533. The molecule has 0 aliphatic heterocycles. The lowest BCUT2D eigenvalue weighted by atomic mass is 10.0. The highest BCUT2D eigenvalue weighted by Gasteiger charge is 2.02. The standard InChI is InChI=1S/C15H26N4O/c1-4-20-10-6-9-17-15(19-16)18-14-8-5-7-13(11-14)12(2)3/h5,7-8,11-12H,4,6,9-10,16H2,1-3H3,(H2,17,18,19). The first kappa shape index (κ1) is 16.5. The van der Waals surface area contributed by atoms with Gasteiger partial charge in [0.1, 0.15) is 0 Å². The highest BCUT2D eigenvalue weighted by molar-refractivity contribution is 5.93. The van der Waals surface area contributed by atoms with E-state index < -0.39 is 0 Å². The molecule has 0 radical (unpaired) electrons. The van der Waals surface area contributed by atoms with Gasteiger partial charge in [-0.05, 0) is 37.0 Å². The number of aliphatic imine (C=N–C) groups is 1. The van der Waals surface area contributed by atoms with Crippen molar-refractivity contribution in [3.63, 3.8) is 0 Å². The number of rotatable bonds is 7. The molecular formula is C15H26N4O. The largest absolute Gasteiger partial charge is 0.382 e. The fourth-order valence-corrected chi connectivity index (χ4v) is 1.74. The summed E-state index contributed by atoms with van der Waals surface area (Å²) in [5.74, 6) is 6.55. The summed E-state index contributed by atoms with van der Waals surface area (Å²) in [6.07, 6.45) is 0.882. The summed E-state index contributed by atoms with van der Waals surface area (Å²) in [5, 5.41) is 3.19. The van der Waals surface area contributed by atoms with E-state index >= 15 is 0 Å². The maximum absolute atomic E-state index is 5.48. The number of nitrogens with two attached hydrogens (primary N) is 1. The van der Waals surface area contributed by atoms with Gasteiger partial charge in [-0.3, -0.25) is 10.4 Å². The average Bonchev–Trinajstić information content (AvgIpc) is 2.46. The van der Waals surface area contributed by atoms with Gasteiger partial charge >= 0.3 is 0 Å². The third-order valence-electron chi connectivity index (χ3n) is 2.87. The van der Waals surface area contributed by atoms with Gasteiger partial charge in [0.05, 0.1) is 0 Å². The molecule has 0 fully saturated rings. The monoisotopic (exact) mass is 278 g/mol. The zero-order chi connectivity index (χ0) is 14.8. The Morgan fingerprint density at radius 2 is 2.20 bits per heavy atom. The number of nitrogens with zero attached hydrogens (tertiary/aromatic N) is 1. The molecule has 0 saturated heterocycles. The van der Waals surface area contributed by atoms with Crippen LogP contribution >= 0.6 is 0 Å². The third-order valence-corrected chi connectivity index (χ3v) is 2.87. The van der Waals surface area contributed by atoms with Gasteiger partial charge in [-0.2, -0.15) is 0 Å². The molecule has 1 aromatic rings. The Morgan fingerprint density at radius 1 is 1.40 bits per heavy atom. The van der Waals surface area contributed by atoms with Crippen LogP contribution in [0.5, 0.6) is 0 Å². The van der Waals surface area contributed by atoms with E-state index in [9.17, 15) is 0 Å². The fourth-order valence-electron chi connectivity index (χ4n) is 1.74. The van der Waals surface area contributed by atoms with E-state index in [2.05, 4.69) is 41.7 Å². The van der Waals surface area contributed by atoms with E-state index in [0.717, 1.165) is 25.3 Å². The van der Waals surface area contributed by atoms with Crippen LogP contribution in [0.3, 0.4) is 0 Å². The van der Waals surface area contributed by atoms with Gasteiger partial charge in [0.2, 0.25) is 5.96 Å². The van der Waals surface area contributed by atoms with Crippen LogP contribution < -0.4 is 16.6 Å². The van der Waals surface area contributed by atoms with Crippen molar-refractivity contribution in [2.45, 2.75) is 33.1 Å². The minimum atomic E-state index is 0.495. The summed E-state index contributed by atoms with van der Waals surface area (Å²) in [6, 6.07) is 8.25. The number of anilines is 1. The Bertz CT molecular complexity index is 418. The molecule has 4 N–H and O–H groups in total. The maximum Gasteiger partial charge on any atom is 0.210 e. The first-order chi connectivity index (χ1) is 9.67. The Labute approximate surface area is 121 Å². The first-order valence-corrected chi connectivity index (χ1v) is 7.13. The highest BCUT2D eigenvalue weighted by atomic mass is 16.5. The third kappa shape index (κ3) is 6.04. The minimum Gasteiger partial charge on any atom is -0.382 e. The number of guanidine groups is 1. The van der Waals surface area contributed by atoms with Crippen molar-refractivity contribution in [2.75, 3.05) is 25.1 Å². The first-order valence-electron chi connectivity index (χ1n) is 7.13. The van der Waals surface area contributed by atoms with E-state index in [1.807, 2.05) is 19.1 Å². The maximum atomic E-state index is 5.48. The zero-order valence-corrected chi connectivity index (χ0v) is 12.6. The molecule has 0 unspecified atom stereocenters. The summed E-state index contributed by atoms with van der Waals surface area (Å²) in [4.78, 5) is 4.37. The molecular weight excluding hydrogens is 252 g/mol. The van der Waals surface area contributed by atoms with Gasteiger partial charge in [0.25, 0.3) is 0 Å². The van der Waals surface area contributed by atoms with Crippen molar-refractivity contribution >= 4 is 11.6 Å². The van der Waals surface area contributed by atoms with Crippen LogP contribution in [0.1, 0.15) is 38.7 Å². The molecule has 112 valence electrons. The lowest BCUT2D eigenvalue weighted by Crippen LogP contribution is -2.36. The SMILES string of the molecule is CCOCCCN=C(NN)Nc1cccc(C(C)C)c1. The molecule has 0 aromatic heterocycles. The van der Waals surface area contributed by atoms with E-state index in [1.54, 1.807) is 0 Å². The van der Waals surface area contributed by atoms with Crippen molar-refractivity contribution in [2.24, 2.45) is 10.8 Å². The second kappa shape index (κ2) is 9.34. The van der Waals surface area contributed by atoms with Crippen molar-refractivity contribution in [1.29, 1.82) is 0 Å². The summed E-state index contributed by atoms with van der Waals surface area (Å²) < 4.78 is 5.27. The lowest BCUT2D eigenvalue weighted by Gasteiger charge is -2.12. The number of nitrogens with one attached hydrogen (secondary N) is 2. The smallest absolute Gasteiger partial charge is 0.210 e. The predicted molar refractivity (Wildman–Crippen MR) is 84.9 cm³/mol. The van der Waals surface area contributed by atoms with Crippen LogP contribution in [0.15, 0.2) is 29.3 Å². The number of hydrogen-bond acceptors (Lipinski definition) is 3. The Balaban J connectivity index is 2.54. The van der Waals surface area contributed by atoms with Gasteiger partial charge < -0.3 is 10.1 Å². The Morgan fingerprint density at radius 3 is 2.85 bits per heavy atom. The number of benzene rings is 1. The van der Waals surface area contributed by atoms with Gasteiger partial charge in [0.15, 0.2) is 0 Å². The molecule has 0 aliphatic rings. The number of hydrazine groups is 1. The molecule has 1 rings (SSSR count). The molecule has 5 nitrogen and oxygen atoms in total. The lowest BCUT2D eigenvalue weighted by molar-refractivity contribution is 0.146. The highest BCUT2D eigenvalue weighted by Crippen LogP contribution is 2.18. The van der Waals surface area contributed by atoms with E-state index in [4.69, 9.17) is 10.6 Å². The summed E-state index contributed by atoms with van der Waals surface area (Å²) in [7, 11) is 0. The number of ether oxygens (including phenoxy) is 1. The topological polar surface area (TPSA) is 71.7 Å². The van der Waals surface area contributed by atoms with Gasteiger partial charge in [0, 0.05) is 25.4 Å². The van der Waals surface area contributed by atoms with Crippen molar-refractivity contribution in [3.8, 4) is 0 Å². The predicted octanol–water partition coefficient (Wildman–Crippen LogP) is 2.47. The quantitative estimate of drug-likeness (QED) is 0.235. The molecule has 0 bridgehead atoms. The Hall–Kier alpha value is -1.59. The van der Waals surface area contributed by atoms with Crippen LogP contribution in [0.4, 0.5) is 5.69 Å². The average molecular weight is 278 g/mol. The number of hydrogen-bond donors (Lipinski definition) is 3. The van der Waals surface area contributed by atoms with Crippen LogP contribution in [-0.4, -0.2) is 25.7 Å². The second-order valence-corrected chi connectivity index (χ2v) is 4.83. The Kier molecular flexibility index (Phi) is 7.69. The van der Waals surface area contributed by atoms with E-state index in [-0.39, 0.29) is 0 Å². The molecule has 0 saturated carbocycles. The van der Waals surface area contributed by atoms with E-state index in [0.29, 0.717) is 18.4 Å². The van der Waals surface area contributed by atoms with Crippen molar-refractivity contribution < 1.29 is 4.74 Å². The van der Waals surface area contributed by atoms with Crippen LogP contribution in [0.25, 0.3) is 0 Å². The van der Waals surface area contributed by atoms with Crippen molar-refractivity contribution in [1.82, 2.24) is 5.43 Å². The van der Waals surface area contributed by atoms with Gasteiger partial charge in [-0.25, -0.2) is 5.84 Å². The molecule has 0 atom stereocenters. The van der Waals surface area contributed by atoms with Crippen LogP contribution in [-0.2, 0) is 4.74 Å². The van der Waals surface area contributed by atoms with Crippen molar-refractivity contribution in [3.05, 3.63) is 29.8 Å². The van der Waals surface area contributed by atoms with Gasteiger partial charge in [-0.1, -0.05) is 26.0 Å². The molecule has 1 aromatic carbocycles. The summed E-state index contributed by atoms with van der Waals surface area (Å²) >= 11 is 0. The van der Waals surface area contributed by atoms with Crippen LogP contribution in [0.2, 0.25) is 0 Å². The van der Waals surface area contributed by atoms with E-state index in [1.165, 1.54) is 5.56 Å². The molecule has 0 heterocycles. The normalized spacial score (nSPS) is 11.8. The zero-order valence-electron chi connectivity index (χ0n) is 12.6. The molecule has 5 heteroatoms. The summed E-state index contributed by atoms with van der Waals surface area (Å²) in [5.41, 5.74) is 4.85. The molecule has 0 amide bonds. The molecule has 0 aliphatic carbocycles. The minimum absolute atomic E-state index is 0.495. The summed E-state index contributed by atoms with van der Waals surface area (Å²) in [6.45, 7) is 8.47. The van der Waals surface area contributed by atoms with Gasteiger partial charge in [-0.15, -0.1) is 0 Å². The second-order valence-electron chi connectivity index (χ2n) is 4.83.